The lowest BCUT2D eigenvalue weighted by Gasteiger charge is -2.21. The molecular formula is C17H23N3O. The van der Waals surface area contributed by atoms with Crippen LogP contribution in [-0.4, -0.2) is 24.8 Å². The van der Waals surface area contributed by atoms with Crippen molar-refractivity contribution in [1.29, 1.82) is 0 Å². The molecule has 0 saturated heterocycles. The number of nitrogens with two attached hydrogens (primary N) is 1. The van der Waals surface area contributed by atoms with Crippen molar-refractivity contribution >= 4 is 17.3 Å². The third-order valence-electron chi connectivity index (χ3n) is 4.64. The summed E-state index contributed by atoms with van der Waals surface area (Å²) in [6, 6.07) is 8.03. The van der Waals surface area contributed by atoms with Crippen molar-refractivity contribution in [1.82, 2.24) is 0 Å². The van der Waals surface area contributed by atoms with E-state index in [0.717, 1.165) is 29.8 Å². The molecule has 3 rings (SSSR count). The number of rotatable bonds is 1. The first-order chi connectivity index (χ1) is 10.2. The van der Waals surface area contributed by atoms with Crippen molar-refractivity contribution in [3.05, 3.63) is 29.8 Å². The van der Waals surface area contributed by atoms with Crippen molar-refractivity contribution in [2.24, 2.45) is 16.6 Å². The Morgan fingerprint density at radius 2 is 1.81 bits per heavy atom. The van der Waals surface area contributed by atoms with E-state index >= 15 is 0 Å². The number of anilines is 1. The van der Waals surface area contributed by atoms with E-state index in [1.54, 1.807) is 11.9 Å². The molecule has 0 bridgehead atoms. The van der Waals surface area contributed by atoms with E-state index in [1.807, 2.05) is 18.2 Å². The number of fused-ring (bicyclic) bond motifs is 1. The van der Waals surface area contributed by atoms with Gasteiger partial charge in [-0.2, -0.15) is 0 Å². The number of aliphatic imine (C=N–C) groups is 1. The molecule has 112 valence electrons. The maximum Gasteiger partial charge on any atom is 0.266 e. The van der Waals surface area contributed by atoms with Gasteiger partial charge in [0.05, 0.1) is 5.69 Å². The minimum atomic E-state index is -0.777. The highest BCUT2D eigenvalue weighted by molar-refractivity contribution is 6.13. The summed E-state index contributed by atoms with van der Waals surface area (Å²) >= 11 is 0. The van der Waals surface area contributed by atoms with Crippen LogP contribution in [0, 0.1) is 5.92 Å². The lowest BCUT2D eigenvalue weighted by Crippen LogP contribution is -2.39. The van der Waals surface area contributed by atoms with Gasteiger partial charge in [0.15, 0.2) is 6.17 Å². The minimum absolute atomic E-state index is 0.133. The molecule has 1 fully saturated rings. The summed E-state index contributed by atoms with van der Waals surface area (Å²) in [5.41, 5.74) is 9.05. The van der Waals surface area contributed by atoms with E-state index in [2.05, 4.69) is 11.1 Å². The SMILES string of the molecule is CN1C(=O)[C@H](N)N=C(C2CCCCCC2)c2ccccc21. The molecule has 0 aromatic heterocycles. The van der Waals surface area contributed by atoms with Crippen LogP contribution in [0.3, 0.4) is 0 Å². The Morgan fingerprint density at radius 1 is 1.14 bits per heavy atom. The molecule has 0 unspecified atom stereocenters. The Labute approximate surface area is 126 Å². The monoisotopic (exact) mass is 285 g/mol. The lowest BCUT2D eigenvalue weighted by atomic mass is 9.89. The molecular weight excluding hydrogens is 262 g/mol. The van der Waals surface area contributed by atoms with Crippen LogP contribution in [0.2, 0.25) is 0 Å². The van der Waals surface area contributed by atoms with Crippen molar-refractivity contribution in [2.75, 3.05) is 11.9 Å². The summed E-state index contributed by atoms with van der Waals surface area (Å²) in [6.45, 7) is 0. The summed E-state index contributed by atoms with van der Waals surface area (Å²) in [7, 11) is 1.78. The highest BCUT2D eigenvalue weighted by Gasteiger charge is 2.30. The Hall–Kier alpha value is -1.68. The van der Waals surface area contributed by atoms with E-state index in [0.29, 0.717) is 5.92 Å². The fourth-order valence-electron chi connectivity index (χ4n) is 3.45. The molecule has 1 aliphatic heterocycles. The Morgan fingerprint density at radius 3 is 2.52 bits per heavy atom. The maximum absolute atomic E-state index is 12.3. The number of likely N-dealkylation sites (N-methyl/N-ethyl adjacent to an activating group) is 1. The van der Waals surface area contributed by atoms with E-state index in [1.165, 1.54) is 25.7 Å². The molecule has 2 N–H and O–H groups in total. The molecule has 1 aliphatic carbocycles. The maximum atomic E-state index is 12.3. The number of para-hydroxylation sites is 1. The summed E-state index contributed by atoms with van der Waals surface area (Å²) in [4.78, 5) is 18.6. The average Bonchev–Trinajstić information content (AvgIpc) is 2.83. The number of carbonyl (C=O) groups excluding carboxylic acids is 1. The van der Waals surface area contributed by atoms with Gasteiger partial charge in [0.25, 0.3) is 5.91 Å². The van der Waals surface area contributed by atoms with Gasteiger partial charge in [-0.3, -0.25) is 9.79 Å². The number of benzene rings is 1. The Balaban J connectivity index is 2.06. The van der Waals surface area contributed by atoms with Gasteiger partial charge < -0.3 is 10.6 Å². The van der Waals surface area contributed by atoms with E-state index < -0.39 is 6.17 Å². The summed E-state index contributed by atoms with van der Waals surface area (Å²) < 4.78 is 0. The summed E-state index contributed by atoms with van der Waals surface area (Å²) in [5, 5.41) is 0. The zero-order valence-corrected chi connectivity index (χ0v) is 12.6. The minimum Gasteiger partial charge on any atom is -0.312 e. The van der Waals surface area contributed by atoms with Gasteiger partial charge in [-0.05, 0) is 18.9 Å². The van der Waals surface area contributed by atoms with Gasteiger partial charge in [-0.15, -0.1) is 0 Å². The van der Waals surface area contributed by atoms with Gasteiger partial charge in [-0.1, -0.05) is 43.9 Å². The predicted octanol–water partition coefficient (Wildman–Crippen LogP) is 2.71. The first-order valence-electron chi connectivity index (χ1n) is 7.88. The topological polar surface area (TPSA) is 58.7 Å². The van der Waals surface area contributed by atoms with Crippen LogP contribution in [0.25, 0.3) is 0 Å². The second-order valence-corrected chi connectivity index (χ2v) is 6.06. The van der Waals surface area contributed by atoms with Crippen molar-refractivity contribution in [3.63, 3.8) is 0 Å². The molecule has 2 aliphatic rings. The molecule has 4 nitrogen and oxygen atoms in total. The van der Waals surface area contributed by atoms with Crippen LogP contribution in [0.1, 0.15) is 44.1 Å². The molecule has 1 heterocycles. The highest BCUT2D eigenvalue weighted by atomic mass is 16.2. The molecule has 0 radical (unpaired) electrons. The second-order valence-electron chi connectivity index (χ2n) is 6.06. The molecule has 1 amide bonds. The van der Waals surface area contributed by atoms with E-state index in [4.69, 9.17) is 5.73 Å². The number of carbonyl (C=O) groups is 1. The van der Waals surface area contributed by atoms with Crippen LogP contribution in [-0.2, 0) is 4.79 Å². The number of hydrogen-bond donors (Lipinski definition) is 1. The van der Waals surface area contributed by atoms with Gasteiger partial charge in [0.1, 0.15) is 0 Å². The first kappa shape index (κ1) is 14.3. The molecule has 21 heavy (non-hydrogen) atoms. The van der Waals surface area contributed by atoms with E-state index in [-0.39, 0.29) is 5.91 Å². The van der Waals surface area contributed by atoms with Crippen molar-refractivity contribution in [2.45, 2.75) is 44.7 Å². The largest absolute Gasteiger partial charge is 0.312 e. The number of benzodiazepines with no additional fused rings is 1. The quantitative estimate of drug-likeness (QED) is 0.807. The molecule has 1 aromatic carbocycles. The van der Waals surface area contributed by atoms with Crippen LogP contribution in [0.4, 0.5) is 5.69 Å². The van der Waals surface area contributed by atoms with Gasteiger partial charge in [0, 0.05) is 24.2 Å². The molecule has 1 aromatic rings. The summed E-state index contributed by atoms with van der Waals surface area (Å²) in [5.74, 6) is 0.296. The van der Waals surface area contributed by atoms with Crippen LogP contribution in [0.5, 0.6) is 0 Å². The van der Waals surface area contributed by atoms with Crippen LogP contribution in [0.15, 0.2) is 29.3 Å². The number of hydrogen-bond acceptors (Lipinski definition) is 3. The second kappa shape index (κ2) is 5.98. The van der Waals surface area contributed by atoms with Gasteiger partial charge >= 0.3 is 0 Å². The first-order valence-corrected chi connectivity index (χ1v) is 7.88. The molecule has 1 saturated carbocycles. The number of nitrogens with zero attached hydrogens (tertiary/aromatic N) is 2. The zero-order valence-electron chi connectivity index (χ0n) is 12.6. The van der Waals surface area contributed by atoms with Gasteiger partial charge in [-0.25, -0.2) is 0 Å². The molecule has 0 spiro atoms. The molecule has 1 atom stereocenters. The smallest absolute Gasteiger partial charge is 0.266 e. The van der Waals surface area contributed by atoms with Crippen molar-refractivity contribution < 1.29 is 4.79 Å². The van der Waals surface area contributed by atoms with Crippen LogP contribution >= 0.6 is 0 Å². The predicted molar refractivity (Wildman–Crippen MR) is 85.6 cm³/mol. The fourth-order valence-corrected chi connectivity index (χ4v) is 3.45. The fraction of sp³-hybridized carbons (Fsp3) is 0.529. The zero-order chi connectivity index (χ0) is 14.8. The normalized spacial score (nSPS) is 24.1. The standard InChI is InChI=1S/C17H23N3O/c1-20-14-11-7-6-10-13(14)15(19-16(18)17(20)21)12-8-4-2-3-5-9-12/h6-7,10-12,16H,2-5,8-9,18H2,1H3/t16-/m1/s1. The lowest BCUT2D eigenvalue weighted by molar-refractivity contribution is -0.119. The Bertz CT molecular complexity index is 559. The third-order valence-corrected chi connectivity index (χ3v) is 4.64. The molecule has 4 heteroatoms. The van der Waals surface area contributed by atoms with E-state index in [9.17, 15) is 4.79 Å². The van der Waals surface area contributed by atoms with Crippen LogP contribution < -0.4 is 10.6 Å². The highest BCUT2D eigenvalue weighted by Crippen LogP contribution is 2.32. The van der Waals surface area contributed by atoms with Crippen molar-refractivity contribution in [3.8, 4) is 0 Å². The Kier molecular flexibility index (Phi) is 4.06. The summed E-state index contributed by atoms with van der Waals surface area (Å²) in [6.07, 6.45) is 6.61. The van der Waals surface area contributed by atoms with Gasteiger partial charge in [0.2, 0.25) is 0 Å². The average molecular weight is 285 g/mol. The third kappa shape index (κ3) is 2.72. The number of amides is 1.